The van der Waals surface area contributed by atoms with E-state index in [0.29, 0.717) is 12.1 Å². The van der Waals surface area contributed by atoms with Crippen LogP contribution in [0, 0.1) is 6.92 Å². The van der Waals surface area contributed by atoms with Crippen molar-refractivity contribution in [2.45, 2.75) is 46.3 Å². The van der Waals surface area contributed by atoms with Crippen molar-refractivity contribution in [3.8, 4) is 0 Å². The molecule has 120 valence electrons. The van der Waals surface area contributed by atoms with Gasteiger partial charge in [-0.1, -0.05) is 36.8 Å². The zero-order valence-electron chi connectivity index (χ0n) is 14.4. The second-order valence-corrected chi connectivity index (χ2v) is 6.10. The molecule has 1 rings (SSSR count). The van der Waals surface area contributed by atoms with Crippen LogP contribution in [0.3, 0.4) is 0 Å². The van der Waals surface area contributed by atoms with Crippen LogP contribution >= 0.6 is 0 Å². The second-order valence-electron chi connectivity index (χ2n) is 6.10. The minimum atomic E-state index is 0.310. The Hall–Kier alpha value is -0.900. The van der Waals surface area contributed by atoms with Crippen LogP contribution in [0.4, 0.5) is 0 Å². The number of ether oxygens (including phenoxy) is 1. The van der Waals surface area contributed by atoms with E-state index in [1.165, 1.54) is 11.1 Å². The molecule has 1 unspecified atom stereocenters. The summed E-state index contributed by atoms with van der Waals surface area (Å²) in [5.41, 5.74) is 2.68. The highest BCUT2D eigenvalue weighted by Crippen LogP contribution is 2.15. The average molecular weight is 292 g/mol. The van der Waals surface area contributed by atoms with Gasteiger partial charge in [0.05, 0.1) is 12.7 Å². The van der Waals surface area contributed by atoms with E-state index in [1.54, 1.807) is 0 Å². The van der Waals surface area contributed by atoms with Crippen LogP contribution in [0.5, 0.6) is 0 Å². The highest BCUT2D eigenvalue weighted by Gasteiger charge is 2.13. The first-order chi connectivity index (χ1) is 10.0. The van der Waals surface area contributed by atoms with Gasteiger partial charge in [0.2, 0.25) is 0 Å². The van der Waals surface area contributed by atoms with Crippen molar-refractivity contribution in [3.63, 3.8) is 0 Å². The first kappa shape index (κ1) is 18.1. The lowest BCUT2D eigenvalue weighted by atomic mass is 10.0. The van der Waals surface area contributed by atoms with E-state index >= 15 is 0 Å². The summed E-state index contributed by atoms with van der Waals surface area (Å²) >= 11 is 0. The smallest absolute Gasteiger partial charge is 0.0596 e. The summed E-state index contributed by atoms with van der Waals surface area (Å²) in [5, 5.41) is 3.65. The topological polar surface area (TPSA) is 24.5 Å². The summed E-state index contributed by atoms with van der Waals surface area (Å²) in [5.74, 6) is 0. The number of benzene rings is 1. The lowest BCUT2D eigenvalue weighted by molar-refractivity contribution is 0.0622. The highest BCUT2D eigenvalue weighted by atomic mass is 16.5. The summed E-state index contributed by atoms with van der Waals surface area (Å²) in [6.45, 7) is 12.3. The molecule has 0 aliphatic rings. The minimum absolute atomic E-state index is 0.310. The molecule has 0 radical (unpaired) electrons. The van der Waals surface area contributed by atoms with Gasteiger partial charge >= 0.3 is 0 Å². The van der Waals surface area contributed by atoms with E-state index in [-0.39, 0.29) is 0 Å². The highest BCUT2D eigenvalue weighted by molar-refractivity contribution is 5.24. The summed E-state index contributed by atoms with van der Waals surface area (Å²) in [4.78, 5) is 2.34. The zero-order chi connectivity index (χ0) is 15.7. The molecule has 3 nitrogen and oxygen atoms in total. The number of likely N-dealkylation sites (N-methyl/N-ethyl adjacent to an activating group) is 1. The molecule has 0 fully saturated rings. The van der Waals surface area contributed by atoms with Crippen molar-refractivity contribution >= 4 is 0 Å². The first-order valence-corrected chi connectivity index (χ1v) is 8.13. The number of rotatable bonds is 10. The van der Waals surface area contributed by atoms with Gasteiger partial charge in [-0.3, -0.25) is 0 Å². The third kappa shape index (κ3) is 7.60. The number of hydrogen-bond acceptors (Lipinski definition) is 3. The number of hydrogen-bond donors (Lipinski definition) is 1. The van der Waals surface area contributed by atoms with E-state index in [4.69, 9.17) is 4.74 Å². The Morgan fingerprint density at radius 1 is 1.19 bits per heavy atom. The molecule has 0 heterocycles. The van der Waals surface area contributed by atoms with Crippen molar-refractivity contribution in [2.75, 3.05) is 33.3 Å². The quantitative estimate of drug-likeness (QED) is 0.715. The Morgan fingerprint density at radius 3 is 2.43 bits per heavy atom. The van der Waals surface area contributed by atoms with Gasteiger partial charge in [0.1, 0.15) is 0 Å². The van der Waals surface area contributed by atoms with Gasteiger partial charge in [-0.15, -0.1) is 0 Å². The first-order valence-electron chi connectivity index (χ1n) is 8.13. The standard InChI is InChI=1S/C18H32N2O/c1-6-11-19-18(17-9-7-16(4)8-10-17)14-20(5)12-13-21-15(2)3/h7-10,15,18-19H,6,11-14H2,1-5H3. The van der Waals surface area contributed by atoms with Crippen molar-refractivity contribution in [3.05, 3.63) is 35.4 Å². The van der Waals surface area contributed by atoms with Crippen LogP contribution in [-0.2, 0) is 4.74 Å². The van der Waals surface area contributed by atoms with Crippen molar-refractivity contribution < 1.29 is 4.74 Å². The van der Waals surface area contributed by atoms with E-state index in [1.807, 2.05) is 0 Å². The maximum Gasteiger partial charge on any atom is 0.0596 e. The van der Waals surface area contributed by atoms with Crippen LogP contribution in [-0.4, -0.2) is 44.3 Å². The van der Waals surface area contributed by atoms with Crippen LogP contribution in [0.25, 0.3) is 0 Å². The molecule has 0 aliphatic carbocycles. The fourth-order valence-electron chi connectivity index (χ4n) is 2.25. The van der Waals surface area contributed by atoms with E-state index in [2.05, 4.69) is 69.2 Å². The monoisotopic (exact) mass is 292 g/mol. The lowest BCUT2D eigenvalue weighted by Crippen LogP contribution is -2.35. The van der Waals surface area contributed by atoms with Gasteiger partial charge < -0.3 is 15.0 Å². The predicted octanol–water partition coefficient (Wildman–Crippen LogP) is 3.39. The molecule has 1 aromatic carbocycles. The fourth-order valence-corrected chi connectivity index (χ4v) is 2.25. The Labute approximate surface area is 130 Å². The largest absolute Gasteiger partial charge is 0.377 e. The maximum atomic E-state index is 5.63. The SMILES string of the molecule is CCCNC(CN(C)CCOC(C)C)c1ccc(C)cc1. The van der Waals surface area contributed by atoms with Gasteiger partial charge in [0, 0.05) is 19.1 Å². The summed E-state index contributed by atoms with van der Waals surface area (Å²) in [6.07, 6.45) is 1.47. The summed E-state index contributed by atoms with van der Waals surface area (Å²) in [6, 6.07) is 9.24. The van der Waals surface area contributed by atoms with Crippen LogP contribution in [0.1, 0.15) is 44.4 Å². The molecule has 0 spiro atoms. The molecular formula is C18H32N2O. The molecule has 0 bridgehead atoms. The predicted molar refractivity (Wildman–Crippen MR) is 90.8 cm³/mol. The van der Waals surface area contributed by atoms with Gasteiger partial charge in [0.25, 0.3) is 0 Å². The Kier molecular flexibility index (Phi) is 8.58. The summed E-state index contributed by atoms with van der Waals surface area (Å²) in [7, 11) is 2.17. The Balaban J connectivity index is 2.54. The molecule has 0 saturated carbocycles. The van der Waals surface area contributed by atoms with E-state index in [0.717, 1.165) is 32.7 Å². The minimum Gasteiger partial charge on any atom is -0.377 e. The van der Waals surface area contributed by atoms with Crippen molar-refractivity contribution in [1.29, 1.82) is 0 Å². The normalized spacial score (nSPS) is 13.1. The van der Waals surface area contributed by atoms with Crippen LogP contribution in [0.15, 0.2) is 24.3 Å². The van der Waals surface area contributed by atoms with E-state index < -0.39 is 0 Å². The van der Waals surface area contributed by atoms with Crippen LogP contribution in [0.2, 0.25) is 0 Å². The van der Waals surface area contributed by atoms with Gasteiger partial charge in [-0.25, -0.2) is 0 Å². The third-order valence-corrected chi connectivity index (χ3v) is 3.54. The van der Waals surface area contributed by atoms with Gasteiger partial charge in [-0.05, 0) is 46.3 Å². The van der Waals surface area contributed by atoms with E-state index in [9.17, 15) is 0 Å². The lowest BCUT2D eigenvalue weighted by Gasteiger charge is -2.26. The average Bonchev–Trinajstić information content (AvgIpc) is 2.44. The van der Waals surface area contributed by atoms with Crippen molar-refractivity contribution in [2.24, 2.45) is 0 Å². The van der Waals surface area contributed by atoms with Gasteiger partial charge in [0.15, 0.2) is 0 Å². The van der Waals surface area contributed by atoms with Crippen molar-refractivity contribution in [1.82, 2.24) is 10.2 Å². The number of aryl methyl sites for hydroxylation is 1. The van der Waals surface area contributed by atoms with Gasteiger partial charge in [-0.2, -0.15) is 0 Å². The summed E-state index contributed by atoms with van der Waals surface area (Å²) < 4.78 is 5.63. The number of nitrogens with zero attached hydrogens (tertiary/aromatic N) is 1. The molecule has 1 atom stereocenters. The van der Waals surface area contributed by atoms with Crippen LogP contribution < -0.4 is 5.32 Å². The zero-order valence-corrected chi connectivity index (χ0v) is 14.4. The Bertz CT molecular complexity index is 375. The fraction of sp³-hybridized carbons (Fsp3) is 0.667. The molecule has 0 aliphatic heterocycles. The molecular weight excluding hydrogens is 260 g/mol. The molecule has 1 N–H and O–H groups in total. The molecule has 3 heteroatoms. The Morgan fingerprint density at radius 2 is 1.86 bits per heavy atom. The maximum absolute atomic E-state index is 5.63. The molecule has 0 amide bonds. The molecule has 0 saturated heterocycles. The molecule has 1 aromatic rings. The molecule has 21 heavy (non-hydrogen) atoms. The second kappa shape index (κ2) is 9.93. The molecule has 0 aromatic heterocycles. The number of nitrogens with one attached hydrogen (secondary N) is 1. The third-order valence-electron chi connectivity index (χ3n) is 3.54.